The Labute approximate surface area is 185 Å². The summed E-state index contributed by atoms with van der Waals surface area (Å²) < 4.78 is 31.8. The Morgan fingerprint density at radius 2 is 1.77 bits per heavy atom. The topological polar surface area (TPSA) is 79.0 Å². The number of hydrogen-bond donors (Lipinski definition) is 1. The normalized spacial score (nSPS) is 14.6. The summed E-state index contributed by atoms with van der Waals surface area (Å²) in [6.45, 7) is 4.58. The second-order valence-electron chi connectivity index (χ2n) is 7.82. The van der Waals surface area contributed by atoms with E-state index in [1.54, 1.807) is 12.1 Å². The largest absolute Gasteiger partial charge is 0.378 e. The molecule has 2 aromatic rings. The lowest BCUT2D eigenvalue weighted by atomic mass is 10.1. The van der Waals surface area contributed by atoms with Crippen LogP contribution in [-0.4, -0.2) is 59.0 Å². The third kappa shape index (κ3) is 5.64. The highest BCUT2D eigenvalue weighted by molar-refractivity contribution is 7.89. The summed E-state index contributed by atoms with van der Waals surface area (Å²) in [6, 6.07) is 12.5. The molecule has 0 spiro atoms. The number of nitrogens with zero attached hydrogens (tertiary/aromatic N) is 2. The highest BCUT2D eigenvalue weighted by Gasteiger charge is 2.24. The minimum atomic E-state index is -3.66. The maximum Gasteiger partial charge on any atom is 0.257 e. The quantitative estimate of drug-likeness (QED) is 0.674. The molecule has 1 aliphatic rings. The fourth-order valence-electron chi connectivity index (χ4n) is 3.48. The van der Waals surface area contributed by atoms with Crippen molar-refractivity contribution in [1.29, 1.82) is 0 Å². The Morgan fingerprint density at radius 3 is 2.39 bits per heavy atom. The Kier molecular flexibility index (Phi) is 7.69. The molecule has 3 rings (SSSR count). The van der Waals surface area contributed by atoms with Crippen LogP contribution in [0.1, 0.15) is 35.7 Å². The van der Waals surface area contributed by atoms with Gasteiger partial charge < -0.3 is 15.0 Å². The van der Waals surface area contributed by atoms with Crippen molar-refractivity contribution in [2.45, 2.75) is 31.1 Å². The van der Waals surface area contributed by atoms with E-state index < -0.39 is 10.0 Å². The first kappa shape index (κ1) is 23.2. The Balaban J connectivity index is 1.91. The summed E-state index contributed by atoms with van der Waals surface area (Å²) >= 11 is 0. The number of unbranched alkanes of at least 4 members (excludes halogenated alkanes) is 1. The predicted octanol–water partition coefficient (Wildman–Crippen LogP) is 3.37. The van der Waals surface area contributed by atoms with Crippen LogP contribution in [0.2, 0.25) is 0 Å². The summed E-state index contributed by atoms with van der Waals surface area (Å²) in [7, 11) is -0.703. The van der Waals surface area contributed by atoms with Gasteiger partial charge >= 0.3 is 0 Å². The van der Waals surface area contributed by atoms with Crippen LogP contribution >= 0.6 is 0 Å². The summed E-state index contributed by atoms with van der Waals surface area (Å²) in [6.07, 6.45) is 3.27. The zero-order chi connectivity index (χ0) is 22.4. The Hall–Kier alpha value is -2.42. The number of sulfonamides is 1. The number of carbonyl (C=O) groups excluding carboxylic acids is 1. The molecule has 2 aromatic carbocycles. The molecule has 31 heavy (non-hydrogen) atoms. The summed E-state index contributed by atoms with van der Waals surface area (Å²) in [5, 5.41) is 2.92. The molecule has 0 saturated carbocycles. The number of nitrogens with one attached hydrogen (secondary N) is 1. The summed E-state index contributed by atoms with van der Waals surface area (Å²) in [5.41, 5.74) is 2.95. The van der Waals surface area contributed by atoms with E-state index in [1.807, 2.05) is 24.3 Å². The minimum absolute atomic E-state index is 0.0922. The van der Waals surface area contributed by atoms with E-state index in [2.05, 4.69) is 17.1 Å². The van der Waals surface area contributed by atoms with Gasteiger partial charge in [0.2, 0.25) is 10.0 Å². The number of morpholine rings is 1. The average molecular weight is 446 g/mol. The van der Waals surface area contributed by atoms with E-state index in [0.29, 0.717) is 43.2 Å². The first-order valence-corrected chi connectivity index (χ1v) is 12.1. The molecule has 0 bridgehead atoms. The molecule has 1 fully saturated rings. The van der Waals surface area contributed by atoms with Gasteiger partial charge in [-0.3, -0.25) is 4.79 Å². The number of amides is 1. The maximum atomic E-state index is 13.2. The van der Waals surface area contributed by atoms with Crippen molar-refractivity contribution in [2.75, 3.05) is 50.6 Å². The number of benzene rings is 2. The van der Waals surface area contributed by atoms with Crippen molar-refractivity contribution < 1.29 is 17.9 Å². The van der Waals surface area contributed by atoms with E-state index in [9.17, 15) is 13.2 Å². The number of ether oxygens (including phenoxy) is 1. The van der Waals surface area contributed by atoms with Gasteiger partial charge in [-0.2, -0.15) is 0 Å². The van der Waals surface area contributed by atoms with Gasteiger partial charge in [-0.25, -0.2) is 12.7 Å². The Morgan fingerprint density at radius 1 is 1.10 bits per heavy atom. The average Bonchev–Trinajstić information content (AvgIpc) is 2.78. The fourth-order valence-corrected chi connectivity index (χ4v) is 4.41. The fraction of sp³-hybridized carbons (Fsp3) is 0.435. The number of anilines is 2. The van der Waals surface area contributed by atoms with Crippen molar-refractivity contribution in [2.24, 2.45) is 0 Å². The van der Waals surface area contributed by atoms with Crippen molar-refractivity contribution in [3.8, 4) is 0 Å². The van der Waals surface area contributed by atoms with Crippen LogP contribution < -0.4 is 10.2 Å². The van der Waals surface area contributed by atoms with Crippen LogP contribution in [0.15, 0.2) is 47.4 Å². The minimum Gasteiger partial charge on any atom is -0.378 e. The zero-order valence-corrected chi connectivity index (χ0v) is 19.2. The molecule has 0 radical (unpaired) electrons. The van der Waals surface area contributed by atoms with Crippen molar-refractivity contribution in [3.05, 3.63) is 53.6 Å². The first-order valence-electron chi connectivity index (χ1n) is 10.6. The molecule has 1 heterocycles. The second-order valence-corrected chi connectivity index (χ2v) is 9.97. The Bertz CT molecular complexity index is 998. The summed E-state index contributed by atoms with van der Waals surface area (Å²) in [4.78, 5) is 15.4. The van der Waals surface area contributed by atoms with Crippen LogP contribution in [0.5, 0.6) is 0 Å². The van der Waals surface area contributed by atoms with Gasteiger partial charge in [0.25, 0.3) is 5.91 Å². The first-order chi connectivity index (χ1) is 14.8. The van der Waals surface area contributed by atoms with E-state index in [4.69, 9.17) is 4.74 Å². The molecule has 168 valence electrons. The van der Waals surface area contributed by atoms with Gasteiger partial charge in [0, 0.05) is 38.6 Å². The maximum absolute atomic E-state index is 13.2. The van der Waals surface area contributed by atoms with Crippen molar-refractivity contribution in [1.82, 2.24) is 4.31 Å². The highest BCUT2D eigenvalue weighted by Crippen LogP contribution is 2.27. The smallest absolute Gasteiger partial charge is 0.257 e. The lowest BCUT2D eigenvalue weighted by molar-refractivity contribution is 0.102. The van der Waals surface area contributed by atoms with Gasteiger partial charge in [-0.05, 0) is 48.7 Å². The van der Waals surface area contributed by atoms with Crippen molar-refractivity contribution in [3.63, 3.8) is 0 Å². The van der Waals surface area contributed by atoms with Crippen LogP contribution in [0.4, 0.5) is 11.4 Å². The van der Waals surface area contributed by atoms with E-state index in [0.717, 1.165) is 23.6 Å². The van der Waals surface area contributed by atoms with Gasteiger partial charge in [0.05, 0.1) is 23.7 Å². The number of hydrogen-bond acceptors (Lipinski definition) is 5. The van der Waals surface area contributed by atoms with Gasteiger partial charge in [-0.1, -0.05) is 25.5 Å². The molecular formula is C23H31N3O4S. The van der Waals surface area contributed by atoms with Gasteiger partial charge in [0.1, 0.15) is 0 Å². The van der Waals surface area contributed by atoms with Crippen LogP contribution in [0.3, 0.4) is 0 Å². The molecule has 0 unspecified atom stereocenters. The number of rotatable bonds is 8. The molecule has 0 aromatic heterocycles. The molecule has 0 aliphatic carbocycles. The SMILES string of the molecule is CCCCc1ccc(NC(=O)c2cc(S(=O)(=O)N(C)C)ccc2N2CCOCC2)cc1. The van der Waals surface area contributed by atoms with Crippen LogP contribution in [0, 0.1) is 0 Å². The van der Waals surface area contributed by atoms with E-state index in [-0.39, 0.29) is 10.8 Å². The molecule has 7 nitrogen and oxygen atoms in total. The summed E-state index contributed by atoms with van der Waals surface area (Å²) in [5.74, 6) is -0.335. The molecule has 1 amide bonds. The third-order valence-corrected chi connectivity index (χ3v) is 7.18. The molecule has 1 N–H and O–H groups in total. The van der Waals surface area contributed by atoms with Gasteiger partial charge in [-0.15, -0.1) is 0 Å². The highest BCUT2D eigenvalue weighted by atomic mass is 32.2. The van der Waals surface area contributed by atoms with E-state index in [1.165, 1.54) is 25.7 Å². The molecular weight excluding hydrogens is 414 g/mol. The van der Waals surface area contributed by atoms with E-state index >= 15 is 0 Å². The zero-order valence-electron chi connectivity index (χ0n) is 18.4. The monoisotopic (exact) mass is 445 g/mol. The van der Waals surface area contributed by atoms with Crippen LogP contribution in [0.25, 0.3) is 0 Å². The number of aryl methyl sites for hydroxylation is 1. The van der Waals surface area contributed by atoms with Crippen LogP contribution in [-0.2, 0) is 21.2 Å². The molecule has 8 heteroatoms. The number of carbonyl (C=O) groups is 1. The predicted molar refractivity (Wildman–Crippen MR) is 123 cm³/mol. The lowest BCUT2D eigenvalue weighted by Crippen LogP contribution is -2.37. The van der Waals surface area contributed by atoms with Crippen molar-refractivity contribution >= 4 is 27.3 Å². The molecule has 1 aliphatic heterocycles. The second kappa shape index (κ2) is 10.3. The lowest BCUT2D eigenvalue weighted by Gasteiger charge is -2.30. The molecule has 0 atom stereocenters. The van der Waals surface area contributed by atoms with Gasteiger partial charge in [0.15, 0.2) is 0 Å². The third-order valence-electron chi connectivity index (χ3n) is 5.37. The molecule has 1 saturated heterocycles. The standard InChI is InChI=1S/C23H31N3O4S/c1-4-5-6-18-7-9-19(10-8-18)24-23(27)21-17-20(31(28,29)25(2)3)11-12-22(21)26-13-15-30-16-14-26/h7-12,17H,4-6,13-16H2,1-3H3,(H,24,27).